The number of benzene rings is 2. The number of hydrogen-bond donors (Lipinski definition) is 3. The van der Waals surface area contributed by atoms with Crippen molar-refractivity contribution in [1.82, 2.24) is 5.32 Å². The zero-order chi connectivity index (χ0) is 18.4. The quantitative estimate of drug-likeness (QED) is 0.584. The first kappa shape index (κ1) is 18.0. The maximum atomic E-state index is 11.8. The van der Waals surface area contributed by atoms with Crippen molar-refractivity contribution in [2.45, 2.75) is 13.8 Å². The Morgan fingerprint density at radius 1 is 1.04 bits per heavy atom. The fourth-order valence-corrected chi connectivity index (χ4v) is 2.10. The molecule has 2 aromatic rings. The lowest BCUT2D eigenvalue weighted by molar-refractivity contribution is -0.123. The summed E-state index contributed by atoms with van der Waals surface area (Å²) in [6.45, 7) is 3.22. The molecule has 0 radical (unpaired) electrons. The van der Waals surface area contributed by atoms with Crippen molar-refractivity contribution in [2.75, 3.05) is 17.7 Å². The molecule has 0 aliphatic carbocycles. The second kappa shape index (κ2) is 7.96. The number of anilines is 2. The van der Waals surface area contributed by atoms with Gasteiger partial charge < -0.3 is 15.8 Å². The van der Waals surface area contributed by atoms with Crippen LogP contribution in [0.5, 0.6) is 0 Å². The van der Waals surface area contributed by atoms with Crippen molar-refractivity contribution in [3.63, 3.8) is 0 Å². The molecule has 7 nitrogen and oxygen atoms in total. The fraction of sp³-hybridized carbons (Fsp3) is 0.167. The smallest absolute Gasteiger partial charge is 0.338 e. The van der Waals surface area contributed by atoms with Gasteiger partial charge in [-0.3, -0.25) is 10.1 Å². The van der Waals surface area contributed by atoms with Crippen LogP contribution in [0.25, 0.3) is 0 Å². The van der Waals surface area contributed by atoms with Crippen LogP contribution in [-0.2, 0) is 9.53 Å². The third-order valence-corrected chi connectivity index (χ3v) is 3.36. The van der Waals surface area contributed by atoms with Gasteiger partial charge in [-0.05, 0) is 49.7 Å². The molecule has 0 heterocycles. The Kier molecular flexibility index (Phi) is 5.73. The predicted octanol–water partition coefficient (Wildman–Crippen LogP) is 2.39. The number of ether oxygens (including phenoxy) is 1. The molecule has 0 unspecified atom stereocenters. The lowest BCUT2D eigenvalue weighted by atomic mass is 10.1. The van der Waals surface area contributed by atoms with Crippen molar-refractivity contribution in [3.05, 3.63) is 59.2 Å². The summed E-state index contributed by atoms with van der Waals surface area (Å²) in [7, 11) is 0. The van der Waals surface area contributed by atoms with E-state index in [2.05, 4.69) is 10.6 Å². The number of carbonyl (C=O) groups excluding carboxylic acids is 3. The molecule has 0 bridgehead atoms. The molecule has 0 saturated heterocycles. The lowest BCUT2D eigenvalue weighted by Gasteiger charge is -2.10. The minimum absolute atomic E-state index is 0.265. The van der Waals surface area contributed by atoms with E-state index >= 15 is 0 Å². The van der Waals surface area contributed by atoms with Crippen LogP contribution in [0.15, 0.2) is 42.5 Å². The number of hydrogen-bond acceptors (Lipinski definition) is 5. The van der Waals surface area contributed by atoms with E-state index in [-0.39, 0.29) is 5.56 Å². The fourth-order valence-electron chi connectivity index (χ4n) is 2.10. The van der Waals surface area contributed by atoms with Gasteiger partial charge in [-0.1, -0.05) is 17.7 Å². The molecule has 0 saturated carbocycles. The number of imide groups is 1. The summed E-state index contributed by atoms with van der Waals surface area (Å²) in [5, 5.41) is 4.67. The molecule has 0 aliphatic rings. The minimum Gasteiger partial charge on any atom is -0.452 e. The molecule has 25 heavy (non-hydrogen) atoms. The Hall–Kier alpha value is -3.35. The highest BCUT2D eigenvalue weighted by Gasteiger charge is 2.13. The maximum absolute atomic E-state index is 11.8. The standard InChI is InChI=1S/C18H19N3O4/c1-11-3-8-15(12(2)9-11)20-18(24)21-16(22)10-25-17(23)13-4-6-14(19)7-5-13/h3-9H,10,19H2,1-2H3,(H2,20,21,22,24). The topological polar surface area (TPSA) is 111 Å². The van der Waals surface area contributed by atoms with Crippen LogP contribution in [0.2, 0.25) is 0 Å². The Labute approximate surface area is 145 Å². The van der Waals surface area contributed by atoms with Gasteiger partial charge in [0, 0.05) is 11.4 Å². The van der Waals surface area contributed by atoms with E-state index in [9.17, 15) is 14.4 Å². The monoisotopic (exact) mass is 341 g/mol. The van der Waals surface area contributed by atoms with E-state index in [0.29, 0.717) is 11.4 Å². The number of rotatable bonds is 4. The van der Waals surface area contributed by atoms with Crippen molar-refractivity contribution >= 4 is 29.3 Å². The molecule has 7 heteroatoms. The first-order valence-electron chi connectivity index (χ1n) is 7.56. The second-order valence-electron chi connectivity index (χ2n) is 5.52. The SMILES string of the molecule is Cc1ccc(NC(=O)NC(=O)COC(=O)c2ccc(N)cc2)c(C)c1. The molecular weight excluding hydrogens is 322 g/mol. The molecule has 2 aromatic carbocycles. The van der Waals surface area contributed by atoms with Gasteiger partial charge in [0.15, 0.2) is 6.61 Å². The van der Waals surface area contributed by atoms with Gasteiger partial charge in [-0.15, -0.1) is 0 Å². The zero-order valence-electron chi connectivity index (χ0n) is 14.0. The summed E-state index contributed by atoms with van der Waals surface area (Å²) in [5.41, 5.74) is 8.83. The van der Waals surface area contributed by atoms with E-state index in [1.165, 1.54) is 12.1 Å². The number of aryl methyl sites for hydroxylation is 2. The lowest BCUT2D eigenvalue weighted by Crippen LogP contribution is -2.37. The van der Waals surface area contributed by atoms with Crippen LogP contribution in [0.4, 0.5) is 16.2 Å². The maximum Gasteiger partial charge on any atom is 0.338 e. The number of nitrogens with two attached hydrogens (primary N) is 1. The van der Waals surface area contributed by atoms with Gasteiger partial charge in [-0.25, -0.2) is 9.59 Å². The van der Waals surface area contributed by atoms with E-state index in [0.717, 1.165) is 11.1 Å². The summed E-state index contributed by atoms with van der Waals surface area (Å²) in [6.07, 6.45) is 0. The first-order chi connectivity index (χ1) is 11.8. The molecule has 0 spiro atoms. The summed E-state index contributed by atoms with van der Waals surface area (Å²) in [6, 6.07) is 10.9. The molecule has 2 rings (SSSR count). The second-order valence-corrected chi connectivity index (χ2v) is 5.52. The molecule has 0 aromatic heterocycles. The van der Waals surface area contributed by atoms with Gasteiger partial charge >= 0.3 is 12.0 Å². The van der Waals surface area contributed by atoms with E-state index in [1.807, 2.05) is 26.0 Å². The molecule has 0 fully saturated rings. The Bertz CT molecular complexity index is 800. The van der Waals surface area contributed by atoms with Gasteiger partial charge in [0.05, 0.1) is 5.56 Å². The normalized spacial score (nSPS) is 10.0. The molecule has 4 N–H and O–H groups in total. The highest BCUT2D eigenvalue weighted by Crippen LogP contribution is 2.15. The number of esters is 1. The molecule has 0 atom stereocenters. The van der Waals surface area contributed by atoms with Gasteiger partial charge in [0.25, 0.3) is 5.91 Å². The summed E-state index contributed by atoms with van der Waals surface area (Å²) in [5.74, 6) is -1.41. The van der Waals surface area contributed by atoms with E-state index < -0.39 is 24.5 Å². The third-order valence-electron chi connectivity index (χ3n) is 3.36. The molecular formula is C18H19N3O4. The van der Waals surface area contributed by atoms with Crippen LogP contribution >= 0.6 is 0 Å². The largest absolute Gasteiger partial charge is 0.452 e. The van der Waals surface area contributed by atoms with Gasteiger partial charge in [0.2, 0.25) is 0 Å². The molecule has 0 aliphatic heterocycles. The van der Waals surface area contributed by atoms with Gasteiger partial charge in [-0.2, -0.15) is 0 Å². The van der Waals surface area contributed by atoms with Crippen LogP contribution < -0.4 is 16.4 Å². The Balaban J connectivity index is 1.82. The van der Waals surface area contributed by atoms with Crippen LogP contribution in [0.3, 0.4) is 0 Å². The predicted molar refractivity (Wildman–Crippen MR) is 94.2 cm³/mol. The van der Waals surface area contributed by atoms with Crippen LogP contribution in [0.1, 0.15) is 21.5 Å². The minimum atomic E-state index is -0.731. The number of carbonyl (C=O) groups is 3. The number of amides is 3. The Morgan fingerprint density at radius 2 is 1.72 bits per heavy atom. The summed E-state index contributed by atoms with van der Waals surface area (Å²) in [4.78, 5) is 35.3. The average Bonchev–Trinajstić information content (AvgIpc) is 2.56. The number of nitrogens with one attached hydrogen (secondary N) is 2. The van der Waals surface area contributed by atoms with Gasteiger partial charge in [0.1, 0.15) is 0 Å². The average molecular weight is 341 g/mol. The van der Waals surface area contributed by atoms with Crippen LogP contribution in [-0.4, -0.2) is 24.5 Å². The van der Waals surface area contributed by atoms with Crippen molar-refractivity contribution in [2.24, 2.45) is 0 Å². The van der Waals surface area contributed by atoms with E-state index in [1.54, 1.807) is 18.2 Å². The van der Waals surface area contributed by atoms with E-state index in [4.69, 9.17) is 10.5 Å². The molecule has 3 amide bonds. The Morgan fingerprint density at radius 3 is 2.36 bits per heavy atom. The van der Waals surface area contributed by atoms with Crippen molar-refractivity contribution in [3.8, 4) is 0 Å². The summed E-state index contributed by atoms with van der Waals surface area (Å²) >= 11 is 0. The number of urea groups is 1. The first-order valence-corrected chi connectivity index (χ1v) is 7.56. The zero-order valence-corrected chi connectivity index (χ0v) is 14.0. The summed E-state index contributed by atoms with van der Waals surface area (Å²) < 4.78 is 4.85. The third kappa shape index (κ3) is 5.35. The highest BCUT2D eigenvalue weighted by molar-refractivity contribution is 6.02. The van der Waals surface area contributed by atoms with Crippen molar-refractivity contribution in [1.29, 1.82) is 0 Å². The highest BCUT2D eigenvalue weighted by atomic mass is 16.5. The molecule has 130 valence electrons. The number of nitrogen functional groups attached to an aromatic ring is 1. The van der Waals surface area contributed by atoms with Crippen LogP contribution in [0, 0.1) is 13.8 Å². The van der Waals surface area contributed by atoms with Crippen molar-refractivity contribution < 1.29 is 19.1 Å².